The maximum Gasteiger partial charge on any atom is 0.233 e. The molecule has 0 radical (unpaired) electrons. The summed E-state index contributed by atoms with van der Waals surface area (Å²) in [6.07, 6.45) is 3.22. The molecule has 1 aromatic rings. The third-order valence-corrected chi connectivity index (χ3v) is 3.61. The van der Waals surface area contributed by atoms with Crippen LogP contribution in [0.1, 0.15) is 37.1 Å². The van der Waals surface area contributed by atoms with Crippen molar-refractivity contribution < 1.29 is 4.79 Å². The highest BCUT2D eigenvalue weighted by Crippen LogP contribution is 2.16. The Bertz CT molecular complexity index is 336. The fourth-order valence-electron chi connectivity index (χ4n) is 1.59. The Morgan fingerprint density at radius 1 is 1.41 bits per heavy atom. The number of amides is 1. The largest absolute Gasteiger partial charge is 0.355 e. The van der Waals surface area contributed by atoms with Crippen LogP contribution in [0, 0.1) is 0 Å². The van der Waals surface area contributed by atoms with Crippen LogP contribution >= 0.6 is 11.3 Å². The predicted molar refractivity (Wildman–Crippen MR) is 73.3 cm³/mol. The zero-order chi connectivity index (χ0) is 12.5. The molecule has 0 spiro atoms. The van der Waals surface area contributed by atoms with E-state index >= 15 is 0 Å². The smallest absolute Gasteiger partial charge is 0.233 e. The van der Waals surface area contributed by atoms with Gasteiger partial charge in [-0.2, -0.15) is 0 Å². The van der Waals surface area contributed by atoms with Crippen molar-refractivity contribution >= 4 is 17.2 Å². The summed E-state index contributed by atoms with van der Waals surface area (Å²) >= 11 is 1.75. The highest BCUT2D eigenvalue weighted by atomic mass is 32.1. The number of hydrogen-bond donors (Lipinski definition) is 2. The molecule has 1 amide bonds. The van der Waals surface area contributed by atoms with Gasteiger partial charge in [-0.1, -0.05) is 20.3 Å². The fourth-order valence-corrected chi connectivity index (χ4v) is 2.54. The first kappa shape index (κ1) is 14.2. The van der Waals surface area contributed by atoms with Gasteiger partial charge in [0.15, 0.2) is 0 Å². The van der Waals surface area contributed by atoms with Gasteiger partial charge in [0.1, 0.15) is 0 Å². The Kier molecular flexibility index (Phi) is 6.89. The zero-order valence-electron chi connectivity index (χ0n) is 10.7. The topological polar surface area (TPSA) is 41.1 Å². The van der Waals surface area contributed by atoms with E-state index in [4.69, 9.17) is 0 Å². The normalized spacial score (nSPS) is 10.5. The minimum Gasteiger partial charge on any atom is -0.355 e. The number of carbonyl (C=O) groups excluding carboxylic acids is 1. The van der Waals surface area contributed by atoms with Crippen molar-refractivity contribution in [1.29, 1.82) is 0 Å². The highest BCUT2D eigenvalue weighted by molar-refractivity contribution is 7.10. The average molecular weight is 254 g/mol. The summed E-state index contributed by atoms with van der Waals surface area (Å²) in [7, 11) is 0. The molecule has 0 aliphatic carbocycles. The average Bonchev–Trinajstić information content (AvgIpc) is 2.77. The van der Waals surface area contributed by atoms with E-state index in [9.17, 15) is 4.79 Å². The predicted octanol–water partition coefficient (Wildman–Crippen LogP) is 2.32. The van der Waals surface area contributed by atoms with Gasteiger partial charge in [-0.3, -0.25) is 4.79 Å². The summed E-state index contributed by atoms with van der Waals surface area (Å²) in [4.78, 5) is 12.8. The molecule has 1 rings (SSSR count). The lowest BCUT2D eigenvalue weighted by Gasteiger charge is -2.06. The summed E-state index contributed by atoms with van der Waals surface area (Å²) in [6, 6.07) is 2.16. The van der Waals surface area contributed by atoms with Crippen LogP contribution in [0.15, 0.2) is 11.4 Å². The van der Waals surface area contributed by atoms with Gasteiger partial charge < -0.3 is 10.6 Å². The molecule has 0 aliphatic rings. The van der Waals surface area contributed by atoms with Crippen LogP contribution in [0.4, 0.5) is 0 Å². The number of rotatable bonds is 8. The Labute approximate surface area is 108 Å². The van der Waals surface area contributed by atoms with E-state index in [1.807, 2.05) is 0 Å². The maximum atomic E-state index is 11.4. The molecule has 96 valence electrons. The molecule has 17 heavy (non-hydrogen) atoms. The first-order valence-electron chi connectivity index (χ1n) is 6.30. The van der Waals surface area contributed by atoms with Crippen molar-refractivity contribution in [1.82, 2.24) is 10.6 Å². The van der Waals surface area contributed by atoms with E-state index in [1.54, 1.807) is 11.3 Å². The van der Waals surface area contributed by atoms with Gasteiger partial charge in [-0.25, -0.2) is 0 Å². The third-order valence-electron chi connectivity index (χ3n) is 2.64. The quantitative estimate of drug-likeness (QED) is 0.699. The molecule has 0 unspecified atom stereocenters. The molecular weight excluding hydrogens is 232 g/mol. The summed E-state index contributed by atoms with van der Waals surface area (Å²) in [5, 5.41) is 8.19. The zero-order valence-corrected chi connectivity index (χ0v) is 11.5. The SMILES string of the molecule is CCCCNC(=O)CNCc1sccc1CC. The van der Waals surface area contributed by atoms with Crippen molar-refractivity contribution in [2.45, 2.75) is 39.7 Å². The first-order valence-corrected chi connectivity index (χ1v) is 7.18. The lowest BCUT2D eigenvalue weighted by atomic mass is 10.2. The van der Waals surface area contributed by atoms with Gasteiger partial charge >= 0.3 is 0 Å². The molecule has 1 aromatic heterocycles. The Morgan fingerprint density at radius 2 is 2.24 bits per heavy atom. The van der Waals surface area contributed by atoms with E-state index in [2.05, 4.69) is 35.9 Å². The van der Waals surface area contributed by atoms with Crippen LogP contribution in [0.3, 0.4) is 0 Å². The van der Waals surface area contributed by atoms with Crippen LogP contribution < -0.4 is 10.6 Å². The Morgan fingerprint density at radius 3 is 2.94 bits per heavy atom. The van der Waals surface area contributed by atoms with E-state index < -0.39 is 0 Å². The van der Waals surface area contributed by atoms with Gasteiger partial charge in [0.05, 0.1) is 6.54 Å². The first-order chi connectivity index (χ1) is 8.27. The third kappa shape index (κ3) is 5.33. The van der Waals surface area contributed by atoms with Crippen molar-refractivity contribution in [2.75, 3.05) is 13.1 Å². The number of thiophene rings is 1. The van der Waals surface area contributed by atoms with Gasteiger partial charge in [-0.05, 0) is 29.9 Å². The van der Waals surface area contributed by atoms with E-state index in [0.717, 1.165) is 32.4 Å². The number of unbranched alkanes of at least 4 members (excludes halogenated alkanes) is 1. The fraction of sp³-hybridized carbons (Fsp3) is 0.615. The molecule has 0 aromatic carbocycles. The summed E-state index contributed by atoms with van der Waals surface area (Å²) in [6.45, 7) is 6.26. The molecule has 3 nitrogen and oxygen atoms in total. The second-order valence-electron chi connectivity index (χ2n) is 4.03. The van der Waals surface area contributed by atoms with E-state index in [-0.39, 0.29) is 5.91 Å². The lowest BCUT2D eigenvalue weighted by Crippen LogP contribution is -2.34. The standard InChI is InChI=1S/C13H22N2OS/c1-3-5-7-15-13(16)10-14-9-12-11(4-2)6-8-17-12/h6,8,14H,3-5,7,9-10H2,1-2H3,(H,15,16). The van der Waals surface area contributed by atoms with Gasteiger partial charge in [-0.15, -0.1) is 11.3 Å². The minimum atomic E-state index is 0.0908. The molecule has 0 atom stereocenters. The summed E-state index contributed by atoms with van der Waals surface area (Å²) < 4.78 is 0. The van der Waals surface area contributed by atoms with Crippen molar-refractivity contribution in [3.63, 3.8) is 0 Å². The van der Waals surface area contributed by atoms with Crippen molar-refractivity contribution in [2.24, 2.45) is 0 Å². The number of carbonyl (C=O) groups is 1. The van der Waals surface area contributed by atoms with Crippen molar-refractivity contribution in [3.8, 4) is 0 Å². The van der Waals surface area contributed by atoms with Gasteiger partial charge in [0.25, 0.3) is 0 Å². The summed E-state index contributed by atoms with van der Waals surface area (Å²) in [5.74, 6) is 0.0908. The molecule has 0 aliphatic heterocycles. The monoisotopic (exact) mass is 254 g/mol. The van der Waals surface area contributed by atoms with Crippen LogP contribution in [-0.4, -0.2) is 19.0 Å². The molecule has 0 saturated heterocycles. The highest BCUT2D eigenvalue weighted by Gasteiger charge is 2.03. The molecule has 0 saturated carbocycles. The van der Waals surface area contributed by atoms with E-state index in [0.29, 0.717) is 6.54 Å². The van der Waals surface area contributed by atoms with Gasteiger partial charge in [0.2, 0.25) is 5.91 Å². The van der Waals surface area contributed by atoms with E-state index in [1.165, 1.54) is 10.4 Å². The lowest BCUT2D eigenvalue weighted by molar-refractivity contribution is -0.120. The van der Waals surface area contributed by atoms with Gasteiger partial charge in [0, 0.05) is 18.0 Å². The molecule has 0 fully saturated rings. The molecule has 4 heteroatoms. The second-order valence-corrected chi connectivity index (χ2v) is 5.03. The number of aryl methyl sites for hydroxylation is 1. The molecule has 0 bridgehead atoms. The van der Waals surface area contributed by atoms with Crippen molar-refractivity contribution in [3.05, 3.63) is 21.9 Å². The van der Waals surface area contributed by atoms with Crippen LogP contribution in [-0.2, 0) is 17.8 Å². The van der Waals surface area contributed by atoms with Crippen LogP contribution in [0.2, 0.25) is 0 Å². The summed E-state index contributed by atoms with van der Waals surface area (Å²) in [5.41, 5.74) is 1.38. The maximum absolute atomic E-state index is 11.4. The van der Waals surface area contributed by atoms with Crippen LogP contribution in [0.5, 0.6) is 0 Å². The minimum absolute atomic E-state index is 0.0908. The molecular formula is C13H22N2OS. The Balaban J connectivity index is 2.17. The second kappa shape index (κ2) is 8.25. The number of nitrogens with one attached hydrogen (secondary N) is 2. The number of hydrogen-bond acceptors (Lipinski definition) is 3. The molecule has 2 N–H and O–H groups in total. The van der Waals surface area contributed by atoms with Crippen LogP contribution in [0.25, 0.3) is 0 Å². The Hall–Kier alpha value is -0.870. The molecule has 1 heterocycles.